The van der Waals surface area contributed by atoms with Crippen molar-refractivity contribution in [3.8, 4) is 11.1 Å². The zero-order valence-corrected chi connectivity index (χ0v) is 18.1. The Labute approximate surface area is 182 Å². The van der Waals surface area contributed by atoms with E-state index in [0.29, 0.717) is 17.5 Å². The quantitative estimate of drug-likeness (QED) is 0.298. The molecule has 5 nitrogen and oxygen atoms in total. The first-order valence-corrected chi connectivity index (χ1v) is 10.5. The molecule has 1 aliphatic heterocycles. The van der Waals surface area contributed by atoms with Crippen LogP contribution in [0.5, 0.6) is 0 Å². The molecule has 158 valence electrons. The van der Waals surface area contributed by atoms with Crippen molar-refractivity contribution in [1.82, 2.24) is 15.5 Å². The molecular formula is C23H28FN5S. The number of rotatable bonds is 5. The van der Waals surface area contributed by atoms with E-state index in [1.54, 1.807) is 25.3 Å². The number of aryl methyl sites for hydroxylation is 1. The lowest BCUT2D eigenvalue weighted by atomic mass is 10.0. The van der Waals surface area contributed by atoms with Crippen LogP contribution in [-0.2, 0) is 0 Å². The molecule has 2 aromatic carbocycles. The van der Waals surface area contributed by atoms with Crippen molar-refractivity contribution in [1.29, 1.82) is 5.41 Å². The van der Waals surface area contributed by atoms with Gasteiger partial charge in [-0.15, -0.1) is 12.6 Å². The Balaban J connectivity index is 0.000000239. The van der Waals surface area contributed by atoms with Gasteiger partial charge in [0.15, 0.2) is 0 Å². The molecule has 0 saturated carbocycles. The topological polar surface area (TPSA) is 76.6 Å². The first-order chi connectivity index (χ1) is 14.5. The van der Waals surface area contributed by atoms with Gasteiger partial charge >= 0.3 is 0 Å². The van der Waals surface area contributed by atoms with Crippen molar-refractivity contribution in [2.75, 3.05) is 18.4 Å². The molecule has 30 heavy (non-hydrogen) atoms. The molecule has 2 atom stereocenters. The molecule has 1 fully saturated rings. The summed E-state index contributed by atoms with van der Waals surface area (Å²) in [4.78, 5) is 0.800. The van der Waals surface area contributed by atoms with Crippen LogP contribution in [0, 0.1) is 24.1 Å². The normalized spacial score (nSPS) is 17.9. The van der Waals surface area contributed by atoms with E-state index in [1.807, 2.05) is 12.3 Å². The molecule has 0 amide bonds. The van der Waals surface area contributed by atoms with E-state index < -0.39 is 0 Å². The maximum atomic E-state index is 12.5. The van der Waals surface area contributed by atoms with Crippen molar-refractivity contribution in [2.45, 2.75) is 31.2 Å². The highest BCUT2D eigenvalue weighted by Gasteiger charge is 2.20. The van der Waals surface area contributed by atoms with Crippen LogP contribution in [0.3, 0.4) is 0 Å². The van der Waals surface area contributed by atoms with Gasteiger partial charge in [0.2, 0.25) is 0 Å². The van der Waals surface area contributed by atoms with Gasteiger partial charge in [0.1, 0.15) is 5.82 Å². The monoisotopic (exact) mass is 425 g/mol. The van der Waals surface area contributed by atoms with E-state index in [2.05, 4.69) is 52.5 Å². The Morgan fingerprint density at radius 1 is 1.27 bits per heavy atom. The fourth-order valence-electron chi connectivity index (χ4n) is 3.50. The minimum Gasteiger partial charge on any atom is -0.384 e. The minimum absolute atomic E-state index is 0.173. The number of aromatic nitrogens is 2. The molecule has 1 aromatic heterocycles. The maximum absolute atomic E-state index is 12.5. The fourth-order valence-corrected chi connectivity index (χ4v) is 3.77. The van der Waals surface area contributed by atoms with E-state index in [4.69, 9.17) is 5.41 Å². The van der Waals surface area contributed by atoms with Gasteiger partial charge in [-0.05, 0) is 74.2 Å². The van der Waals surface area contributed by atoms with Crippen molar-refractivity contribution < 1.29 is 4.39 Å². The molecule has 1 aliphatic rings. The lowest BCUT2D eigenvalue weighted by Gasteiger charge is -2.14. The molecule has 2 heterocycles. The number of thiol groups is 1. The summed E-state index contributed by atoms with van der Waals surface area (Å²) in [6.45, 7) is 5.96. The second-order valence-electron chi connectivity index (χ2n) is 7.66. The number of H-pyrrole nitrogens is 1. The van der Waals surface area contributed by atoms with Crippen LogP contribution >= 0.6 is 12.6 Å². The lowest BCUT2D eigenvalue weighted by Crippen LogP contribution is -2.19. The molecule has 1 saturated heterocycles. The highest BCUT2D eigenvalue weighted by Crippen LogP contribution is 2.24. The highest BCUT2D eigenvalue weighted by atomic mass is 32.1. The van der Waals surface area contributed by atoms with Gasteiger partial charge in [-0.3, -0.25) is 5.10 Å². The third-order valence-electron chi connectivity index (χ3n) is 5.20. The molecule has 0 radical (unpaired) electrons. The lowest BCUT2D eigenvalue weighted by molar-refractivity contribution is 0.596. The van der Waals surface area contributed by atoms with Crippen molar-refractivity contribution in [2.24, 2.45) is 5.92 Å². The van der Waals surface area contributed by atoms with Gasteiger partial charge in [-0.2, -0.15) is 5.10 Å². The van der Waals surface area contributed by atoms with Gasteiger partial charge in [-0.25, -0.2) is 4.39 Å². The number of hydrogen-bond acceptors (Lipinski definition) is 5. The molecular weight excluding hydrogens is 397 g/mol. The van der Waals surface area contributed by atoms with Gasteiger partial charge in [-0.1, -0.05) is 6.07 Å². The second-order valence-corrected chi connectivity index (χ2v) is 8.18. The number of hydrogen-bond donors (Lipinski definition) is 5. The van der Waals surface area contributed by atoms with Gasteiger partial charge in [0, 0.05) is 46.7 Å². The fraction of sp³-hybridized carbons (Fsp3) is 0.304. The average Bonchev–Trinajstić information content (AvgIpc) is 3.42. The first-order valence-electron chi connectivity index (χ1n) is 10.0. The molecule has 4 rings (SSSR count). The van der Waals surface area contributed by atoms with E-state index in [9.17, 15) is 4.39 Å². The van der Waals surface area contributed by atoms with Crippen LogP contribution in [0.25, 0.3) is 11.1 Å². The summed E-state index contributed by atoms with van der Waals surface area (Å²) >= 11 is 4.03. The smallest absolute Gasteiger partial charge is 0.126 e. The predicted octanol–water partition coefficient (Wildman–Crippen LogP) is 4.91. The van der Waals surface area contributed by atoms with Crippen molar-refractivity contribution in [3.63, 3.8) is 0 Å². The molecule has 7 heteroatoms. The minimum atomic E-state index is -0.173. The SMILES string of the molecule is CC1CC(CNc2ccc(-c3cn[nH]c3)cc2C=N)CN1.Cc1cc(S)ccc1F. The number of halogens is 1. The van der Waals surface area contributed by atoms with E-state index in [1.165, 1.54) is 18.7 Å². The Bertz CT molecular complexity index is 974. The van der Waals surface area contributed by atoms with Crippen LogP contribution in [0.2, 0.25) is 0 Å². The Hall–Kier alpha value is -2.64. The summed E-state index contributed by atoms with van der Waals surface area (Å²) in [6, 6.07) is 11.5. The van der Waals surface area contributed by atoms with E-state index >= 15 is 0 Å². The van der Waals surface area contributed by atoms with Crippen LogP contribution in [-0.4, -0.2) is 35.5 Å². The van der Waals surface area contributed by atoms with Gasteiger partial charge in [0.25, 0.3) is 0 Å². The predicted molar refractivity (Wildman–Crippen MR) is 124 cm³/mol. The highest BCUT2D eigenvalue weighted by molar-refractivity contribution is 7.80. The number of aromatic amines is 1. The van der Waals surface area contributed by atoms with Crippen LogP contribution < -0.4 is 10.6 Å². The first kappa shape index (κ1) is 22.1. The average molecular weight is 426 g/mol. The molecule has 0 spiro atoms. The zero-order valence-electron chi connectivity index (χ0n) is 17.2. The molecule has 2 unspecified atom stereocenters. The van der Waals surface area contributed by atoms with E-state index in [-0.39, 0.29) is 5.82 Å². The van der Waals surface area contributed by atoms with Crippen LogP contribution in [0.4, 0.5) is 10.1 Å². The molecule has 4 N–H and O–H groups in total. The summed E-state index contributed by atoms with van der Waals surface area (Å²) in [7, 11) is 0. The summed E-state index contributed by atoms with van der Waals surface area (Å²) in [5, 5.41) is 21.4. The Morgan fingerprint density at radius 2 is 2.10 bits per heavy atom. The maximum Gasteiger partial charge on any atom is 0.126 e. The van der Waals surface area contributed by atoms with Crippen molar-refractivity contribution in [3.05, 3.63) is 65.7 Å². The van der Waals surface area contributed by atoms with Crippen LogP contribution in [0.1, 0.15) is 24.5 Å². The van der Waals surface area contributed by atoms with Gasteiger partial charge in [0.05, 0.1) is 6.20 Å². The largest absolute Gasteiger partial charge is 0.384 e. The zero-order chi connectivity index (χ0) is 21.5. The third kappa shape index (κ3) is 5.93. The number of nitrogens with one attached hydrogen (secondary N) is 4. The summed E-state index contributed by atoms with van der Waals surface area (Å²) in [5.74, 6) is 0.486. The van der Waals surface area contributed by atoms with Crippen LogP contribution in [0.15, 0.2) is 53.7 Å². The van der Waals surface area contributed by atoms with Gasteiger partial charge < -0.3 is 16.0 Å². The third-order valence-corrected chi connectivity index (χ3v) is 5.48. The Morgan fingerprint density at radius 3 is 2.70 bits per heavy atom. The number of nitrogens with zero attached hydrogens (tertiary/aromatic N) is 1. The summed E-state index contributed by atoms with van der Waals surface area (Å²) in [6.07, 6.45) is 6.27. The van der Waals surface area contributed by atoms with E-state index in [0.717, 1.165) is 40.4 Å². The number of anilines is 1. The standard InChI is InChI=1S/C16H21N5.C7H7FS/c1-11-4-12(7-18-11)8-19-16-3-2-13(5-14(16)6-17)15-9-20-21-10-15;1-5-4-6(9)2-3-7(5)8/h2-3,5-6,9-12,17-19H,4,7-8H2,1H3,(H,20,21);2-4,9H,1H3. The Kier molecular flexibility index (Phi) is 7.65. The molecule has 0 bridgehead atoms. The summed E-state index contributed by atoms with van der Waals surface area (Å²) < 4.78 is 12.5. The number of benzene rings is 2. The molecule has 0 aliphatic carbocycles. The molecule has 3 aromatic rings. The van der Waals surface area contributed by atoms with Crippen molar-refractivity contribution >= 4 is 24.5 Å². The second kappa shape index (κ2) is 10.4. The summed E-state index contributed by atoms with van der Waals surface area (Å²) in [5.41, 5.74) is 4.69.